The highest BCUT2D eigenvalue weighted by atomic mass is 19.3. The first-order chi connectivity index (χ1) is 4.80. The third-order valence-corrected chi connectivity index (χ3v) is 0.688. The lowest BCUT2D eigenvalue weighted by molar-refractivity contribution is -0.152. The van der Waals surface area contributed by atoms with E-state index in [1.165, 1.54) is 0 Å². The molecule has 0 bridgehead atoms. The molecule has 0 radical (unpaired) electrons. The topological polar surface area (TPSA) is 17.1 Å². The third-order valence-electron chi connectivity index (χ3n) is 0.688. The zero-order chi connectivity index (χ0) is 9.23. The quantitative estimate of drug-likeness (QED) is 0.467. The van der Waals surface area contributed by atoms with Gasteiger partial charge in [0.05, 0.1) is 0 Å². The van der Waals surface area contributed by atoms with Crippen molar-refractivity contribution in [3.05, 3.63) is 11.9 Å². The summed E-state index contributed by atoms with van der Waals surface area (Å²) in [6, 6.07) is -3.46. The predicted molar refractivity (Wildman–Crippen MR) is 21.4 cm³/mol. The van der Waals surface area contributed by atoms with Gasteiger partial charge in [0, 0.05) is 0 Å². The maximum Gasteiger partial charge on any atom is 0.392 e. The normalized spacial score (nSPS) is 11.1. The molecular weight excluding hydrogens is 178 g/mol. The molecule has 0 rings (SSSR count). The summed E-state index contributed by atoms with van der Waals surface area (Å²) in [5, 5.41) is 0. The number of allylic oxidation sites excluding steroid dienone is 1. The van der Waals surface area contributed by atoms with E-state index in [9.17, 15) is 31.1 Å². The minimum Gasteiger partial charge on any atom is -0.253 e. The maximum absolute atomic E-state index is 11.6. The van der Waals surface area contributed by atoms with Crippen molar-refractivity contribution in [3.8, 4) is 0 Å². The molecule has 0 aliphatic heterocycles. The molecule has 0 saturated carbocycles. The van der Waals surface area contributed by atoms with E-state index in [-0.39, 0.29) is 0 Å². The molecule has 0 heterocycles. The number of carbonyl (C=O) groups excluding carboxylic acids is 1. The van der Waals surface area contributed by atoms with Crippen LogP contribution in [-0.2, 0) is 4.79 Å². The van der Waals surface area contributed by atoms with Gasteiger partial charge >= 0.3 is 18.0 Å². The molecule has 0 amide bonds. The van der Waals surface area contributed by atoms with Gasteiger partial charge in [-0.25, -0.2) is 0 Å². The Hall–Kier alpha value is -1.01. The van der Waals surface area contributed by atoms with Gasteiger partial charge in [0.2, 0.25) is 5.83 Å². The smallest absolute Gasteiger partial charge is 0.253 e. The van der Waals surface area contributed by atoms with Crippen molar-refractivity contribution in [1.29, 1.82) is 0 Å². The van der Waals surface area contributed by atoms with Crippen molar-refractivity contribution in [3.63, 3.8) is 0 Å². The monoisotopic (exact) mass is 178 g/mol. The zero-order valence-electron chi connectivity index (χ0n) is 4.68. The summed E-state index contributed by atoms with van der Waals surface area (Å²) in [6.45, 7) is 0. The number of hydrogen-bond donors (Lipinski definition) is 0. The summed E-state index contributed by atoms with van der Waals surface area (Å²) in [5.74, 6) is -8.72. The van der Waals surface area contributed by atoms with E-state index in [1.54, 1.807) is 0 Å². The minimum absolute atomic E-state index is 3.36. The largest absolute Gasteiger partial charge is 0.392 e. The number of halogens is 6. The summed E-state index contributed by atoms with van der Waals surface area (Å²) in [7, 11) is 0. The Labute approximate surface area is 56.3 Å². The highest BCUT2D eigenvalue weighted by Crippen LogP contribution is 2.30. The van der Waals surface area contributed by atoms with E-state index in [2.05, 4.69) is 0 Å². The summed E-state index contributed by atoms with van der Waals surface area (Å²) >= 11 is 0. The first-order valence-corrected chi connectivity index (χ1v) is 2.09. The Bertz CT molecular complexity index is 203. The number of hydrogen-bond acceptors (Lipinski definition) is 1. The van der Waals surface area contributed by atoms with Crippen molar-refractivity contribution < 1.29 is 31.1 Å². The standard InChI is InChI=1S/C4F6O/c5-1(2(6)7)4(9,10)3(8)11. The van der Waals surface area contributed by atoms with Gasteiger partial charge in [-0.1, -0.05) is 0 Å². The van der Waals surface area contributed by atoms with Crippen LogP contribution in [0.2, 0.25) is 0 Å². The van der Waals surface area contributed by atoms with Crippen LogP contribution in [0.1, 0.15) is 0 Å². The molecule has 0 aliphatic rings. The van der Waals surface area contributed by atoms with E-state index in [0.29, 0.717) is 0 Å². The van der Waals surface area contributed by atoms with Gasteiger partial charge in [0.1, 0.15) is 0 Å². The van der Waals surface area contributed by atoms with Crippen LogP contribution in [0, 0.1) is 0 Å². The third kappa shape index (κ3) is 1.95. The van der Waals surface area contributed by atoms with Gasteiger partial charge in [0.15, 0.2) is 0 Å². The Morgan fingerprint density at radius 3 is 1.45 bits per heavy atom. The van der Waals surface area contributed by atoms with Gasteiger partial charge < -0.3 is 0 Å². The first-order valence-electron chi connectivity index (χ1n) is 2.09. The lowest BCUT2D eigenvalue weighted by atomic mass is 10.3. The van der Waals surface area contributed by atoms with Crippen molar-refractivity contribution in [2.24, 2.45) is 0 Å². The van der Waals surface area contributed by atoms with Gasteiger partial charge in [0.25, 0.3) is 0 Å². The second kappa shape index (κ2) is 2.93. The molecule has 0 fully saturated rings. The Morgan fingerprint density at radius 1 is 1.00 bits per heavy atom. The van der Waals surface area contributed by atoms with E-state index in [4.69, 9.17) is 0 Å². The lowest BCUT2D eigenvalue weighted by Gasteiger charge is -2.04. The summed E-state index contributed by atoms with van der Waals surface area (Å²) < 4.78 is 67.7. The molecule has 0 N–H and O–H groups in total. The highest BCUT2D eigenvalue weighted by molar-refractivity contribution is 5.79. The highest BCUT2D eigenvalue weighted by Gasteiger charge is 2.47. The molecule has 0 saturated heterocycles. The Balaban J connectivity index is 4.86. The maximum atomic E-state index is 11.6. The molecule has 0 spiro atoms. The van der Waals surface area contributed by atoms with Crippen molar-refractivity contribution in [1.82, 2.24) is 0 Å². The van der Waals surface area contributed by atoms with E-state index in [1.807, 2.05) is 0 Å². The summed E-state index contributed by atoms with van der Waals surface area (Å²) in [4.78, 5) is 9.19. The van der Waals surface area contributed by atoms with Gasteiger partial charge in [-0.2, -0.15) is 26.3 Å². The molecule has 64 valence electrons. The minimum atomic E-state index is -5.36. The van der Waals surface area contributed by atoms with Crippen LogP contribution in [0.3, 0.4) is 0 Å². The molecule has 0 aromatic rings. The van der Waals surface area contributed by atoms with E-state index < -0.39 is 23.9 Å². The van der Waals surface area contributed by atoms with Gasteiger partial charge in [-0.3, -0.25) is 4.79 Å². The fourth-order valence-electron chi connectivity index (χ4n) is 0.205. The second-order valence-corrected chi connectivity index (χ2v) is 1.42. The second-order valence-electron chi connectivity index (χ2n) is 1.42. The van der Waals surface area contributed by atoms with Crippen LogP contribution in [-0.4, -0.2) is 12.0 Å². The summed E-state index contributed by atoms with van der Waals surface area (Å²) in [5.41, 5.74) is 0. The van der Waals surface area contributed by atoms with Crippen LogP contribution in [0.15, 0.2) is 11.9 Å². The molecule has 7 heteroatoms. The molecule has 0 aromatic heterocycles. The average Bonchev–Trinajstić information content (AvgIpc) is 1.85. The van der Waals surface area contributed by atoms with Crippen molar-refractivity contribution >= 4 is 6.04 Å². The lowest BCUT2D eigenvalue weighted by Crippen LogP contribution is -2.26. The summed E-state index contributed by atoms with van der Waals surface area (Å²) in [6.07, 6.45) is -3.42. The van der Waals surface area contributed by atoms with Crippen LogP contribution >= 0.6 is 0 Å². The van der Waals surface area contributed by atoms with Crippen LogP contribution < -0.4 is 0 Å². The van der Waals surface area contributed by atoms with Crippen LogP contribution in [0.4, 0.5) is 26.3 Å². The zero-order valence-corrected chi connectivity index (χ0v) is 4.68. The molecule has 0 aliphatic carbocycles. The Morgan fingerprint density at radius 2 is 1.36 bits per heavy atom. The van der Waals surface area contributed by atoms with Crippen molar-refractivity contribution in [2.75, 3.05) is 0 Å². The molecule has 0 unspecified atom stereocenters. The number of alkyl halides is 2. The Kier molecular flexibility index (Phi) is 2.66. The van der Waals surface area contributed by atoms with Gasteiger partial charge in [-0.15, -0.1) is 0 Å². The SMILES string of the molecule is O=C(F)C(F)(F)C(F)=C(F)F. The van der Waals surface area contributed by atoms with Crippen LogP contribution in [0.25, 0.3) is 0 Å². The van der Waals surface area contributed by atoms with Crippen LogP contribution in [0.5, 0.6) is 0 Å². The number of carbonyl (C=O) groups is 1. The van der Waals surface area contributed by atoms with Gasteiger partial charge in [-0.05, 0) is 0 Å². The molecule has 11 heavy (non-hydrogen) atoms. The van der Waals surface area contributed by atoms with E-state index in [0.717, 1.165) is 0 Å². The first kappa shape index (κ1) is 9.99. The van der Waals surface area contributed by atoms with Crippen molar-refractivity contribution in [2.45, 2.75) is 5.92 Å². The average molecular weight is 178 g/mol. The fourth-order valence-corrected chi connectivity index (χ4v) is 0.205. The molecule has 0 atom stereocenters. The fraction of sp³-hybridized carbons (Fsp3) is 0.250. The molecule has 1 nitrogen and oxygen atoms in total. The van der Waals surface area contributed by atoms with E-state index >= 15 is 0 Å². The molecular formula is C4F6O. The number of rotatable bonds is 2. The predicted octanol–water partition coefficient (Wildman–Crippen LogP) is 2.20. The molecule has 0 aromatic carbocycles.